The van der Waals surface area contributed by atoms with Crippen molar-refractivity contribution in [3.05, 3.63) is 88.7 Å². The van der Waals surface area contributed by atoms with Gasteiger partial charge in [-0.2, -0.15) is 0 Å². The Morgan fingerprint density at radius 2 is 1.85 bits per heavy atom. The monoisotopic (exact) mass is 526 g/mol. The molecule has 0 bridgehead atoms. The standard InChI is InChI=1S/C30H30N4O5/c1-2-39-30(36)24-11-7-17-32(19-24)28(35)16-14-26-29(21-8-4-3-5-9-21)31-27-15-13-23(20-33(26)27)22-10-6-12-25(18-22)34(37)38/h3-6,8-10,12-13,15,18,20,24H,2,7,11,14,16-17,19H2,1H3/t24-/m0/s1. The van der Waals surface area contributed by atoms with E-state index in [0.717, 1.165) is 46.6 Å². The Bertz CT molecular complexity index is 1510. The summed E-state index contributed by atoms with van der Waals surface area (Å²) in [4.78, 5) is 43.1. The van der Waals surface area contributed by atoms with Crippen LogP contribution in [-0.4, -0.2) is 50.8 Å². The summed E-state index contributed by atoms with van der Waals surface area (Å²) in [7, 11) is 0. The first-order valence-corrected chi connectivity index (χ1v) is 13.2. The molecule has 0 radical (unpaired) electrons. The van der Waals surface area contributed by atoms with Gasteiger partial charge < -0.3 is 14.0 Å². The number of likely N-dealkylation sites (tertiary alicyclic amines) is 1. The largest absolute Gasteiger partial charge is 0.466 e. The smallest absolute Gasteiger partial charge is 0.310 e. The van der Waals surface area contributed by atoms with Crippen molar-refractivity contribution >= 4 is 23.2 Å². The highest BCUT2D eigenvalue weighted by Crippen LogP contribution is 2.30. The van der Waals surface area contributed by atoms with Gasteiger partial charge in [0.25, 0.3) is 5.69 Å². The highest BCUT2D eigenvalue weighted by Gasteiger charge is 2.29. The van der Waals surface area contributed by atoms with E-state index in [1.807, 2.05) is 59.1 Å². The molecule has 0 saturated carbocycles. The van der Waals surface area contributed by atoms with Crippen LogP contribution in [0.4, 0.5) is 5.69 Å². The lowest BCUT2D eigenvalue weighted by molar-refractivity contribution is -0.384. The second-order valence-electron chi connectivity index (χ2n) is 9.66. The van der Waals surface area contributed by atoms with Crippen molar-refractivity contribution in [3.63, 3.8) is 0 Å². The lowest BCUT2D eigenvalue weighted by Crippen LogP contribution is -2.42. The third-order valence-electron chi connectivity index (χ3n) is 7.12. The number of carbonyl (C=O) groups is 2. The normalized spacial score (nSPS) is 15.3. The van der Waals surface area contributed by atoms with E-state index >= 15 is 0 Å². The van der Waals surface area contributed by atoms with Crippen LogP contribution in [0, 0.1) is 16.0 Å². The molecule has 4 aromatic rings. The number of imidazole rings is 1. The van der Waals surface area contributed by atoms with Gasteiger partial charge in [-0.3, -0.25) is 19.7 Å². The molecule has 1 fully saturated rings. The number of pyridine rings is 1. The molecule has 1 aliphatic heterocycles. The number of nitro groups is 1. The van der Waals surface area contributed by atoms with Gasteiger partial charge in [-0.25, -0.2) is 4.98 Å². The van der Waals surface area contributed by atoms with Crippen LogP contribution in [0.5, 0.6) is 0 Å². The molecule has 2 aromatic heterocycles. The van der Waals surface area contributed by atoms with Crippen molar-refractivity contribution in [2.45, 2.75) is 32.6 Å². The van der Waals surface area contributed by atoms with Gasteiger partial charge in [0.1, 0.15) is 5.65 Å². The third kappa shape index (κ3) is 5.67. The number of hydrogen-bond acceptors (Lipinski definition) is 6. The Morgan fingerprint density at radius 1 is 1.05 bits per heavy atom. The Kier molecular flexibility index (Phi) is 7.67. The molecule has 2 aromatic carbocycles. The molecule has 0 N–H and O–H groups in total. The number of nitro benzene ring substituents is 1. The molecule has 1 saturated heterocycles. The molecule has 0 unspecified atom stereocenters. The second kappa shape index (κ2) is 11.5. The first kappa shape index (κ1) is 26.1. The molecule has 5 rings (SSSR count). The molecule has 0 spiro atoms. The highest BCUT2D eigenvalue weighted by atomic mass is 16.6. The zero-order valence-electron chi connectivity index (χ0n) is 21.8. The van der Waals surface area contributed by atoms with Gasteiger partial charge in [0.2, 0.25) is 5.91 Å². The number of piperidine rings is 1. The molecule has 200 valence electrons. The van der Waals surface area contributed by atoms with Crippen molar-refractivity contribution in [1.82, 2.24) is 14.3 Å². The van der Waals surface area contributed by atoms with E-state index < -0.39 is 4.92 Å². The number of esters is 1. The van der Waals surface area contributed by atoms with Gasteiger partial charge in [-0.1, -0.05) is 42.5 Å². The number of fused-ring (bicyclic) bond motifs is 1. The Labute approximate surface area is 226 Å². The summed E-state index contributed by atoms with van der Waals surface area (Å²) in [5.74, 6) is -0.527. The lowest BCUT2D eigenvalue weighted by atomic mass is 9.97. The summed E-state index contributed by atoms with van der Waals surface area (Å²) in [6.45, 7) is 3.13. The van der Waals surface area contributed by atoms with E-state index in [1.165, 1.54) is 6.07 Å². The number of ether oxygens (including phenoxy) is 1. The molecule has 1 amide bonds. The molecule has 39 heavy (non-hydrogen) atoms. The summed E-state index contributed by atoms with van der Waals surface area (Å²) in [5, 5.41) is 11.3. The molecule has 3 heterocycles. The van der Waals surface area contributed by atoms with Crippen molar-refractivity contribution in [2.24, 2.45) is 5.92 Å². The average Bonchev–Trinajstić information content (AvgIpc) is 3.34. The minimum atomic E-state index is -0.406. The van der Waals surface area contributed by atoms with Crippen LogP contribution in [0.2, 0.25) is 0 Å². The number of benzene rings is 2. The summed E-state index contributed by atoms with van der Waals surface area (Å²) in [6.07, 6.45) is 4.14. The fraction of sp³-hybridized carbons (Fsp3) is 0.300. The SMILES string of the molecule is CCOC(=O)[C@H]1CCCN(C(=O)CCc2c(-c3ccccc3)nc3ccc(-c4cccc([N+](=O)[O-])c4)cn23)C1. The van der Waals surface area contributed by atoms with Crippen LogP contribution < -0.4 is 0 Å². The summed E-state index contributed by atoms with van der Waals surface area (Å²) in [6, 6.07) is 20.1. The Morgan fingerprint density at radius 3 is 2.62 bits per heavy atom. The van der Waals surface area contributed by atoms with Gasteiger partial charge in [0, 0.05) is 43.4 Å². The molecular formula is C30H30N4O5. The number of non-ortho nitro benzene ring substituents is 1. The van der Waals surface area contributed by atoms with E-state index in [4.69, 9.17) is 9.72 Å². The van der Waals surface area contributed by atoms with E-state index in [0.29, 0.717) is 26.1 Å². The zero-order valence-corrected chi connectivity index (χ0v) is 21.8. The van der Waals surface area contributed by atoms with Crippen LogP contribution in [-0.2, 0) is 20.7 Å². The Balaban J connectivity index is 1.45. The van der Waals surface area contributed by atoms with Crippen molar-refractivity contribution in [3.8, 4) is 22.4 Å². The first-order chi connectivity index (χ1) is 18.9. The van der Waals surface area contributed by atoms with Crippen LogP contribution >= 0.6 is 0 Å². The van der Waals surface area contributed by atoms with E-state index in [1.54, 1.807) is 24.0 Å². The van der Waals surface area contributed by atoms with Crippen LogP contribution in [0.25, 0.3) is 28.0 Å². The van der Waals surface area contributed by atoms with E-state index in [9.17, 15) is 19.7 Å². The predicted molar refractivity (Wildman–Crippen MR) is 147 cm³/mol. The molecule has 9 nitrogen and oxygen atoms in total. The van der Waals surface area contributed by atoms with E-state index in [2.05, 4.69) is 0 Å². The summed E-state index contributed by atoms with van der Waals surface area (Å²) in [5.41, 5.74) is 4.91. The maximum Gasteiger partial charge on any atom is 0.310 e. The predicted octanol–water partition coefficient (Wildman–Crippen LogP) is 5.31. The number of hydrogen-bond donors (Lipinski definition) is 0. The maximum atomic E-state index is 13.3. The molecular weight excluding hydrogens is 496 g/mol. The van der Waals surface area contributed by atoms with Crippen LogP contribution in [0.1, 0.15) is 31.9 Å². The number of aromatic nitrogens is 2. The lowest BCUT2D eigenvalue weighted by Gasteiger charge is -2.31. The topological polar surface area (TPSA) is 107 Å². The van der Waals surface area contributed by atoms with Gasteiger partial charge in [-0.05, 0) is 49.4 Å². The van der Waals surface area contributed by atoms with Crippen molar-refractivity contribution < 1.29 is 19.2 Å². The zero-order chi connectivity index (χ0) is 27.4. The molecule has 9 heteroatoms. The fourth-order valence-electron chi connectivity index (χ4n) is 5.17. The highest BCUT2D eigenvalue weighted by molar-refractivity contribution is 5.79. The number of amides is 1. The first-order valence-electron chi connectivity index (χ1n) is 13.2. The van der Waals surface area contributed by atoms with Crippen LogP contribution in [0.3, 0.4) is 0 Å². The number of nitrogens with zero attached hydrogens (tertiary/aromatic N) is 4. The van der Waals surface area contributed by atoms with Crippen molar-refractivity contribution in [1.29, 1.82) is 0 Å². The summed E-state index contributed by atoms with van der Waals surface area (Å²) >= 11 is 0. The van der Waals surface area contributed by atoms with Gasteiger partial charge >= 0.3 is 5.97 Å². The third-order valence-corrected chi connectivity index (χ3v) is 7.12. The number of carbonyl (C=O) groups excluding carboxylic acids is 2. The molecule has 1 aliphatic rings. The average molecular weight is 527 g/mol. The Hall–Kier alpha value is -4.53. The number of rotatable bonds is 8. The maximum absolute atomic E-state index is 13.3. The summed E-state index contributed by atoms with van der Waals surface area (Å²) < 4.78 is 7.16. The number of aryl methyl sites for hydroxylation is 1. The van der Waals surface area contributed by atoms with Crippen molar-refractivity contribution in [2.75, 3.05) is 19.7 Å². The van der Waals surface area contributed by atoms with Crippen LogP contribution in [0.15, 0.2) is 72.9 Å². The van der Waals surface area contributed by atoms with Gasteiger partial charge in [0.15, 0.2) is 0 Å². The quantitative estimate of drug-likeness (QED) is 0.175. The fourth-order valence-corrected chi connectivity index (χ4v) is 5.17. The van der Waals surface area contributed by atoms with E-state index in [-0.39, 0.29) is 29.9 Å². The minimum absolute atomic E-state index is 0.00667. The second-order valence-corrected chi connectivity index (χ2v) is 9.66. The van der Waals surface area contributed by atoms with Gasteiger partial charge in [0.05, 0.1) is 28.8 Å². The molecule has 0 aliphatic carbocycles. The molecule has 1 atom stereocenters. The van der Waals surface area contributed by atoms with Gasteiger partial charge in [-0.15, -0.1) is 0 Å². The minimum Gasteiger partial charge on any atom is -0.466 e.